The van der Waals surface area contributed by atoms with E-state index >= 15 is 0 Å². The summed E-state index contributed by atoms with van der Waals surface area (Å²) in [6, 6.07) is 16.2. The lowest BCUT2D eigenvalue weighted by Crippen LogP contribution is -2.45. The molecule has 0 saturated carbocycles. The summed E-state index contributed by atoms with van der Waals surface area (Å²) >= 11 is 0. The maximum Gasteiger partial charge on any atom is 0.175 e. The van der Waals surface area contributed by atoms with E-state index in [2.05, 4.69) is 15.6 Å². The summed E-state index contributed by atoms with van der Waals surface area (Å²) in [6.45, 7) is 1.19. The number of aliphatic hydroxyl groups excluding tert-OH is 1. The van der Waals surface area contributed by atoms with Gasteiger partial charge in [-0.1, -0.05) is 47.7 Å². The van der Waals surface area contributed by atoms with Gasteiger partial charge in [-0.15, -0.1) is 5.10 Å². The fraction of sp³-hybridized carbons (Fsp3) is 0.333. The normalized spacial score (nSPS) is 21.7. The summed E-state index contributed by atoms with van der Waals surface area (Å²) in [5, 5.41) is 22.1. The van der Waals surface area contributed by atoms with Crippen LogP contribution in [0.5, 0.6) is 0 Å². The second kappa shape index (κ2) is 8.65. The molecule has 0 amide bonds. The molecule has 30 heavy (non-hydrogen) atoms. The van der Waals surface area contributed by atoms with Crippen LogP contribution in [0.3, 0.4) is 0 Å². The highest BCUT2D eigenvalue weighted by Crippen LogP contribution is 2.19. The zero-order valence-corrected chi connectivity index (χ0v) is 17.4. The standard InChI is InChI=1S/C21H24N4O4S/c1-30(27,28)17-9-7-15(8-10-17)11-22-21-19(26)14-29-20(21)13-25-12-18(23-24-25)16-5-3-2-4-6-16/h2-10,12,19-22,26H,11,13-14H2,1H3/t19-,20+,21+/m0/s1. The smallest absolute Gasteiger partial charge is 0.175 e. The van der Waals surface area contributed by atoms with Crippen LogP contribution in [0, 0.1) is 0 Å². The minimum atomic E-state index is -3.22. The van der Waals surface area contributed by atoms with Gasteiger partial charge < -0.3 is 15.2 Å². The van der Waals surface area contributed by atoms with Crippen molar-refractivity contribution in [2.75, 3.05) is 12.9 Å². The molecule has 9 heteroatoms. The summed E-state index contributed by atoms with van der Waals surface area (Å²) in [5.41, 5.74) is 2.69. The zero-order chi connectivity index (χ0) is 21.1. The van der Waals surface area contributed by atoms with Crippen molar-refractivity contribution in [3.8, 4) is 11.3 Å². The molecule has 8 nitrogen and oxygen atoms in total. The van der Waals surface area contributed by atoms with Crippen LogP contribution in [0.1, 0.15) is 5.56 Å². The van der Waals surface area contributed by atoms with Crippen molar-refractivity contribution < 1.29 is 18.3 Å². The SMILES string of the molecule is CS(=O)(=O)c1ccc(CN[C@@H]2[C@@H](O)CO[C@@H]2Cn2cc(-c3ccccc3)nn2)cc1. The number of nitrogens with one attached hydrogen (secondary N) is 1. The van der Waals surface area contributed by atoms with E-state index in [1.807, 2.05) is 36.5 Å². The number of hydrogen-bond donors (Lipinski definition) is 2. The monoisotopic (exact) mass is 428 g/mol. The van der Waals surface area contributed by atoms with E-state index in [4.69, 9.17) is 4.74 Å². The Labute approximate surface area is 175 Å². The minimum Gasteiger partial charge on any atom is -0.389 e. The van der Waals surface area contributed by atoms with Gasteiger partial charge in [0.05, 0.1) is 42.5 Å². The average molecular weight is 429 g/mol. The molecule has 3 aromatic rings. The molecule has 158 valence electrons. The molecule has 3 atom stereocenters. The number of rotatable bonds is 7. The predicted molar refractivity (Wildman–Crippen MR) is 111 cm³/mol. The van der Waals surface area contributed by atoms with Gasteiger partial charge in [-0.05, 0) is 17.7 Å². The van der Waals surface area contributed by atoms with Crippen LogP contribution in [0.4, 0.5) is 0 Å². The maximum atomic E-state index is 11.6. The molecule has 1 aliphatic heterocycles. The largest absolute Gasteiger partial charge is 0.389 e. The summed E-state index contributed by atoms with van der Waals surface area (Å²) in [6.07, 6.45) is 2.15. The summed E-state index contributed by atoms with van der Waals surface area (Å²) in [7, 11) is -3.22. The van der Waals surface area contributed by atoms with E-state index in [-0.39, 0.29) is 23.6 Å². The molecular formula is C21H24N4O4S. The Bertz CT molecular complexity index is 1080. The molecule has 2 N–H and O–H groups in total. The molecule has 1 fully saturated rings. The Balaban J connectivity index is 1.39. The van der Waals surface area contributed by atoms with Gasteiger partial charge in [-0.25, -0.2) is 13.1 Å². The van der Waals surface area contributed by atoms with Gasteiger partial charge in [0.2, 0.25) is 0 Å². The van der Waals surface area contributed by atoms with Gasteiger partial charge in [0.1, 0.15) is 5.69 Å². The molecule has 1 aromatic heterocycles. The van der Waals surface area contributed by atoms with Gasteiger partial charge in [0.15, 0.2) is 9.84 Å². The van der Waals surface area contributed by atoms with Crippen LogP contribution in [0.25, 0.3) is 11.3 Å². The van der Waals surface area contributed by atoms with Crippen LogP contribution >= 0.6 is 0 Å². The first-order valence-electron chi connectivity index (χ1n) is 9.68. The molecule has 2 heterocycles. The number of ether oxygens (including phenoxy) is 1. The molecule has 0 aliphatic carbocycles. The van der Waals surface area contributed by atoms with Crippen molar-refractivity contribution in [1.82, 2.24) is 20.3 Å². The van der Waals surface area contributed by atoms with Gasteiger partial charge in [0.25, 0.3) is 0 Å². The van der Waals surface area contributed by atoms with Crippen molar-refractivity contribution in [2.24, 2.45) is 0 Å². The van der Waals surface area contributed by atoms with E-state index in [0.717, 1.165) is 16.8 Å². The zero-order valence-electron chi connectivity index (χ0n) is 16.5. The Hall–Kier alpha value is -2.59. The molecule has 1 aliphatic rings. The molecule has 0 radical (unpaired) electrons. The highest BCUT2D eigenvalue weighted by atomic mass is 32.2. The van der Waals surface area contributed by atoms with E-state index < -0.39 is 15.9 Å². The van der Waals surface area contributed by atoms with Crippen molar-refractivity contribution in [1.29, 1.82) is 0 Å². The summed E-state index contributed by atoms with van der Waals surface area (Å²) < 4.78 is 30.7. The Morgan fingerprint density at radius 2 is 1.90 bits per heavy atom. The number of aliphatic hydroxyl groups is 1. The second-order valence-corrected chi connectivity index (χ2v) is 9.47. The van der Waals surface area contributed by atoms with Gasteiger partial charge in [-0.3, -0.25) is 0 Å². The predicted octanol–water partition coefficient (Wildman–Crippen LogP) is 1.27. The van der Waals surface area contributed by atoms with Crippen molar-refractivity contribution in [3.63, 3.8) is 0 Å². The Morgan fingerprint density at radius 1 is 1.17 bits per heavy atom. The first-order chi connectivity index (χ1) is 14.4. The number of aromatic nitrogens is 3. The van der Waals surface area contributed by atoms with E-state index in [0.29, 0.717) is 13.1 Å². The van der Waals surface area contributed by atoms with Crippen LogP contribution in [0.2, 0.25) is 0 Å². The van der Waals surface area contributed by atoms with Crippen LogP contribution in [-0.4, -0.2) is 59.6 Å². The molecule has 0 spiro atoms. The van der Waals surface area contributed by atoms with E-state index in [1.165, 1.54) is 6.26 Å². The average Bonchev–Trinajstić information content (AvgIpc) is 3.34. The van der Waals surface area contributed by atoms with E-state index in [1.54, 1.807) is 28.9 Å². The molecule has 1 saturated heterocycles. The topological polar surface area (TPSA) is 106 Å². The van der Waals surface area contributed by atoms with Crippen molar-refractivity contribution in [3.05, 3.63) is 66.4 Å². The number of nitrogens with zero attached hydrogens (tertiary/aromatic N) is 3. The first kappa shape index (κ1) is 20.7. The fourth-order valence-corrected chi connectivity index (χ4v) is 4.14. The number of benzene rings is 2. The van der Waals surface area contributed by atoms with Gasteiger partial charge in [0, 0.05) is 18.4 Å². The Kier molecular flexibility index (Phi) is 5.96. The van der Waals surface area contributed by atoms with Crippen molar-refractivity contribution >= 4 is 9.84 Å². The molecule has 2 aromatic carbocycles. The summed E-state index contributed by atoms with van der Waals surface area (Å²) in [4.78, 5) is 0.286. The van der Waals surface area contributed by atoms with Crippen molar-refractivity contribution in [2.45, 2.75) is 36.2 Å². The third-order valence-electron chi connectivity index (χ3n) is 5.16. The highest BCUT2D eigenvalue weighted by Gasteiger charge is 2.36. The molecule has 0 bridgehead atoms. The van der Waals surface area contributed by atoms with Crippen LogP contribution < -0.4 is 5.32 Å². The molecular weight excluding hydrogens is 404 g/mol. The number of hydrogen-bond acceptors (Lipinski definition) is 7. The fourth-order valence-electron chi connectivity index (χ4n) is 3.51. The second-order valence-electron chi connectivity index (χ2n) is 7.45. The lowest BCUT2D eigenvalue weighted by molar-refractivity contribution is 0.0741. The van der Waals surface area contributed by atoms with Gasteiger partial charge in [-0.2, -0.15) is 0 Å². The minimum absolute atomic E-state index is 0.246. The quantitative estimate of drug-likeness (QED) is 0.584. The molecule has 4 rings (SSSR count). The maximum absolute atomic E-state index is 11.6. The lowest BCUT2D eigenvalue weighted by atomic mass is 10.1. The highest BCUT2D eigenvalue weighted by molar-refractivity contribution is 7.90. The Morgan fingerprint density at radius 3 is 2.60 bits per heavy atom. The lowest BCUT2D eigenvalue weighted by Gasteiger charge is -2.21. The van der Waals surface area contributed by atoms with Crippen LogP contribution in [0.15, 0.2) is 65.7 Å². The van der Waals surface area contributed by atoms with E-state index in [9.17, 15) is 13.5 Å². The van der Waals surface area contributed by atoms with Gasteiger partial charge >= 0.3 is 0 Å². The molecule has 0 unspecified atom stereocenters. The first-order valence-corrected chi connectivity index (χ1v) is 11.6. The third kappa shape index (κ3) is 4.76. The third-order valence-corrected chi connectivity index (χ3v) is 6.29. The summed E-state index contributed by atoms with van der Waals surface area (Å²) in [5.74, 6) is 0. The number of sulfone groups is 1. The van der Waals surface area contributed by atoms with Crippen LogP contribution in [-0.2, 0) is 27.7 Å².